The second kappa shape index (κ2) is 13.6. The van der Waals surface area contributed by atoms with Crippen LogP contribution < -0.4 is 18.9 Å². The molecule has 3 aromatic carbocycles. The smallest absolute Gasteiger partial charge is 0.344 e. The molecule has 0 aliphatic rings. The molecule has 0 saturated heterocycles. The molecule has 0 fully saturated rings. The monoisotopic (exact) mass is 629 g/mol. The van der Waals surface area contributed by atoms with E-state index >= 15 is 0 Å². The summed E-state index contributed by atoms with van der Waals surface area (Å²) in [5.74, 6) is -0.936. The summed E-state index contributed by atoms with van der Waals surface area (Å²) in [6.45, 7) is 6.75. The van der Waals surface area contributed by atoms with E-state index in [4.69, 9.17) is 9.47 Å². The van der Waals surface area contributed by atoms with Crippen molar-refractivity contribution in [3.63, 3.8) is 0 Å². The molecular weight excluding hydrogens is 594 g/mol. The third-order valence-corrected chi connectivity index (χ3v) is 9.48. The molecule has 0 amide bonds. The average Bonchev–Trinajstić information content (AvgIpc) is 2.94. The number of nitrogens with zero attached hydrogens (tertiary/aromatic N) is 1. The third kappa shape index (κ3) is 8.55. The lowest BCUT2D eigenvalue weighted by Crippen LogP contribution is -2.40. The van der Waals surface area contributed by atoms with E-state index in [1.807, 2.05) is 6.07 Å². The molecule has 13 heteroatoms. The minimum atomic E-state index is -4.08. The number of hydrogen-bond donors (Lipinski definition) is 3. The quantitative estimate of drug-likeness (QED) is 0.252. The van der Waals surface area contributed by atoms with Gasteiger partial charge in [0.25, 0.3) is 0 Å². The highest BCUT2D eigenvalue weighted by atomic mass is 32.2. The first-order chi connectivity index (χ1) is 20.1. The molecule has 0 aromatic heterocycles. The molecule has 1 unspecified atom stereocenters. The Labute approximate surface area is 252 Å². The van der Waals surface area contributed by atoms with Crippen LogP contribution >= 0.6 is 0 Å². The molecule has 0 aliphatic carbocycles. The number of carboxylic acids is 1. The van der Waals surface area contributed by atoms with Gasteiger partial charge in [-0.05, 0) is 75.1 Å². The van der Waals surface area contributed by atoms with Gasteiger partial charge in [-0.2, -0.15) is 5.26 Å². The highest BCUT2D eigenvalue weighted by molar-refractivity contribution is 7.90. The first-order valence-electron chi connectivity index (χ1n) is 13.4. The summed E-state index contributed by atoms with van der Waals surface area (Å²) < 4.78 is 68.8. The van der Waals surface area contributed by atoms with E-state index in [0.29, 0.717) is 16.7 Å². The van der Waals surface area contributed by atoms with E-state index in [2.05, 4.69) is 9.44 Å². The van der Waals surface area contributed by atoms with Crippen LogP contribution in [0.5, 0.6) is 11.5 Å². The number of methoxy groups -OCH3 is 1. The van der Waals surface area contributed by atoms with Crippen LogP contribution in [0.25, 0.3) is 11.1 Å². The summed E-state index contributed by atoms with van der Waals surface area (Å²) >= 11 is 0. The van der Waals surface area contributed by atoms with Crippen LogP contribution in [0.4, 0.5) is 0 Å². The van der Waals surface area contributed by atoms with Crippen LogP contribution in [-0.4, -0.2) is 53.2 Å². The van der Waals surface area contributed by atoms with Gasteiger partial charge in [-0.1, -0.05) is 37.3 Å². The molecule has 3 rings (SSSR count). The number of nitrogens with one attached hydrogen (secondary N) is 2. The van der Waals surface area contributed by atoms with E-state index in [1.54, 1.807) is 64.1 Å². The highest BCUT2D eigenvalue weighted by Gasteiger charge is 2.26. The summed E-state index contributed by atoms with van der Waals surface area (Å²) in [4.78, 5) is 11.6. The predicted octanol–water partition coefficient (Wildman–Crippen LogP) is 4.07. The van der Waals surface area contributed by atoms with E-state index in [1.165, 1.54) is 31.4 Å². The lowest BCUT2D eigenvalue weighted by Gasteiger charge is -2.22. The number of carbonyl (C=O) groups is 1. The fourth-order valence-electron chi connectivity index (χ4n) is 4.25. The molecule has 1 atom stereocenters. The molecule has 0 heterocycles. The van der Waals surface area contributed by atoms with Gasteiger partial charge >= 0.3 is 5.97 Å². The van der Waals surface area contributed by atoms with Gasteiger partial charge in [-0.15, -0.1) is 0 Å². The van der Waals surface area contributed by atoms with Gasteiger partial charge in [0.15, 0.2) is 6.10 Å². The van der Waals surface area contributed by atoms with Crippen LogP contribution in [0.1, 0.15) is 45.2 Å². The average molecular weight is 630 g/mol. The van der Waals surface area contributed by atoms with Gasteiger partial charge in [0.2, 0.25) is 20.0 Å². The summed E-state index contributed by atoms with van der Waals surface area (Å²) in [6, 6.07) is 17.2. The van der Waals surface area contributed by atoms with Gasteiger partial charge < -0.3 is 14.6 Å². The fraction of sp³-hybridized carbons (Fsp3) is 0.333. The Bertz CT molecular complexity index is 1740. The number of rotatable bonds is 13. The summed E-state index contributed by atoms with van der Waals surface area (Å²) in [5, 5.41) is 18.8. The minimum Gasteiger partial charge on any atom is -0.495 e. The molecule has 230 valence electrons. The van der Waals surface area contributed by atoms with Gasteiger partial charge in [-0.25, -0.2) is 31.1 Å². The lowest BCUT2D eigenvalue weighted by atomic mass is 10.0. The molecular formula is C30H35N3O8S2. The third-order valence-electron chi connectivity index (χ3n) is 6.18. The van der Waals surface area contributed by atoms with Gasteiger partial charge in [0.1, 0.15) is 16.4 Å². The Morgan fingerprint density at radius 1 is 0.977 bits per heavy atom. The largest absolute Gasteiger partial charge is 0.495 e. The zero-order valence-electron chi connectivity index (χ0n) is 24.5. The van der Waals surface area contributed by atoms with E-state index in [-0.39, 0.29) is 46.2 Å². The Morgan fingerprint density at radius 3 is 2.28 bits per heavy atom. The maximum absolute atomic E-state index is 13.2. The molecule has 3 N–H and O–H groups in total. The van der Waals surface area contributed by atoms with Crippen molar-refractivity contribution in [1.29, 1.82) is 5.26 Å². The summed E-state index contributed by atoms with van der Waals surface area (Å²) in [6.07, 6.45) is -0.928. The Kier molecular flexibility index (Phi) is 10.6. The maximum Gasteiger partial charge on any atom is 0.344 e. The van der Waals surface area contributed by atoms with Crippen LogP contribution in [0.15, 0.2) is 70.5 Å². The fourth-order valence-corrected chi connectivity index (χ4v) is 7.13. The zero-order valence-corrected chi connectivity index (χ0v) is 26.2. The molecule has 43 heavy (non-hydrogen) atoms. The number of nitriles is 1. The number of sulfonamides is 2. The van der Waals surface area contributed by atoms with Crippen molar-refractivity contribution >= 4 is 26.0 Å². The Balaban J connectivity index is 1.99. The topological polar surface area (TPSA) is 172 Å². The lowest BCUT2D eigenvalue weighted by molar-refractivity contribution is -0.145. The van der Waals surface area contributed by atoms with Crippen molar-refractivity contribution in [2.24, 2.45) is 0 Å². The van der Waals surface area contributed by atoms with Gasteiger partial charge in [0.05, 0.1) is 23.6 Å². The molecule has 0 saturated carbocycles. The second-order valence-electron chi connectivity index (χ2n) is 10.7. The van der Waals surface area contributed by atoms with E-state index in [0.717, 1.165) is 0 Å². The molecule has 0 bridgehead atoms. The van der Waals surface area contributed by atoms with E-state index in [9.17, 15) is 32.0 Å². The Hall–Kier alpha value is -3.96. The highest BCUT2D eigenvalue weighted by Crippen LogP contribution is 2.33. The first-order valence-corrected chi connectivity index (χ1v) is 16.3. The number of aliphatic carboxylic acids is 1. The summed E-state index contributed by atoms with van der Waals surface area (Å²) in [5.41, 5.74) is 0.758. The van der Waals surface area contributed by atoms with Crippen molar-refractivity contribution in [3.8, 4) is 28.7 Å². The number of benzene rings is 3. The van der Waals surface area contributed by atoms with Crippen LogP contribution in [0.2, 0.25) is 0 Å². The molecule has 0 aliphatic heterocycles. The van der Waals surface area contributed by atoms with Crippen molar-refractivity contribution in [2.75, 3.05) is 13.7 Å². The number of carboxylic acid groups (broad SMARTS) is 1. The van der Waals surface area contributed by atoms with Crippen LogP contribution in [0, 0.1) is 11.3 Å². The normalized spacial score (nSPS) is 12.7. The number of hydrogen-bond acceptors (Lipinski definition) is 8. The maximum atomic E-state index is 13.2. The van der Waals surface area contributed by atoms with Gasteiger partial charge in [0, 0.05) is 17.6 Å². The van der Waals surface area contributed by atoms with Crippen LogP contribution in [0.3, 0.4) is 0 Å². The molecule has 3 aromatic rings. The predicted molar refractivity (Wildman–Crippen MR) is 161 cm³/mol. The molecule has 11 nitrogen and oxygen atoms in total. The van der Waals surface area contributed by atoms with Crippen molar-refractivity contribution in [3.05, 3.63) is 71.8 Å². The van der Waals surface area contributed by atoms with Crippen molar-refractivity contribution < 1.29 is 36.2 Å². The minimum absolute atomic E-state index is 0.0372. The number of ether oxygens (including phenoxy) is 2. The van der Waals surface area contributed by atoms with E-state index < -0.39 is 37.7 Å². The zero-order chi connectivity index (χ0) is 32.0. The summed E-state index contributed by atoms with van der Waals surface area (Å²) in [7, 11) is -6.68. The SMILES string of the molecule is CCC(Oc1cc(-c2ccccc2S(=O)(=O)NC(C)(C)C)ccc1CCNS(=O)(=O)c1cc(C#N)ccc1OC)C(=O)O. The second-order valence-corrected chi connectivity index (χ2v) is 14.0. The van der Waals surface area contributed by atoms with Crippen LogP contribution in [-0.2, 0) is 31.3 Å². The molecule has 0 spiro atoms. The first kappa shape index (κ1) is 33.5. The van der Waals surface area contributed by atoms with Gasteiger partial charge in [-0.3, -0.25) is 0 Å². The van der Waals surface area contributed by atoms with Crippen molar-refractivity contribution in [1.82, 2.24) is 9.44 Å². The molecule has 0 radical (unpaired) electrons. The standard InChI is InChI=1S/C30H35N3O8S2/c1-6-24(29(34)35)41-26-18-22(23-9-7-8-10-27(23)43(38,39)33-30(2,3)4)13-12-21(26)15-16-32-42(36,37)28-17-20(19-31)11-14-25(28)40-5/h7-14,17-18,24,32-33H,6,15-16H2,1-5H3,(H,34,35). The Morgan fingerprint density at radius 2 is 1.67 bits per heavy atom. The van der Waals surface area contributed by atoms with Crippen molar-refractivity contribution in [2.45, 2.75) is 62.0 Å².